The van der Waals surface area contributed by atoms with Crippen molar-refractivity contribution in [1.82, 2.24) is 9.78 Å². The van der Waals surface area contributed by atoms with Crippen molar-refractivity contribution >= 4 is 29.2 Å². The Hall–Kier alpha value is -4.22. The fourth-order valence-electron chi connectivity index (χ4n) is 3.02. The maximum atomic E-state index is 13.8. The van der Waals surface area contributed by atoms with E-state index >= 15 is 0 Å². The number of halogens is 4. The van der Waals surface area contributed by atoms with E-state index in [0.717, 1.165) is 12.3 Å². The molecule has 2 amide bonds. The van der Waals surface area contributed by atoms with Crippen LogP contribution in [0.1, 0.15) is 40.3 Å². The van der Waals surface area contributed by atoms with Gasteiger partial charge in [0.2, 0.25) is 5.91 Å². The van der Waals surface area contributed by atoms with Crippen LogP contribution in [0.15, 0.2) is 48.7 Å². The minimum atomic E-state index is -4.90. The zero-order valence-corrected chi connectivity index (χ0v) is 17.9. The molecule has 2 N–H and O–H groups in total. The van der Waals surface area contributed by atoms with Crippen LogP contribution >= 0.6 is 0 Å². The SMILES string of the molecule is CCOC(=O)c1cnn(-c2ccc(C(=O)Nc3ccc(F)c(NC(C)=O)c3)cc2)c1C(F)(F)F. The van der Waals surface area contributed by atoms with E-state index in [4.69, 9.17) is 0 Å². The Morgan fingerprint density at radius 3 is 2.32 bits per heavy atom. The van der Waals surface area contributed by atoms with E-state index in [9.17, 15) is 31.9 Å². The number of anilines is 2. The smallest absolute Gasteiger partial charge is 0.434 e. The lowest BCUT2D eigenvalue weighted by atomic mass is 10.1. The molecule has 0 aliphatic carbocycles. The van der Waals surface area contributed by atoms with Crippen LogP contribution < -0.4 is 10.6 Å². The number of esters is 1. The fraction of sp³-hybridized carbons (Fsp3) is 0.182. The van der Waals surface area contributed by atoms with Crippen LogP contribution in [-0.2, 0) is 15.7 Å². The van der Waals surface area contributed by atoms with Crippen molar-refractivity contribution in [2.24, 2.45) is 0 Å². The Balaban J connectivity index is 1.85. The molecule has 0 atom stereocenters. The predicted octanol–water partition coefficient (Wildman–Crippen LogP) is 4.42. The Morgan fingerprint density at radius 2 is 1.74 bits per heavy atom. The molecule has 2 aromatic carbocycles. The van der Waals surface area contributed by atoms with Gasteiger partial charge in [0.25, 0.3) is 5.91 Å². The second kappa shape index (κ2) is 9.73. The van der Waals surface area contributed by atoms with Gasteiger partial charge in [0.1, 0.15) is 11.4 Å². The number of alkyl halides is 3. The molecule has 3 rings (SSSR count). The van der Waals surface area contributed by atoms with Crippen LogP contribution in [0.25, 0.3) is 5.69 Å². The minimum Gasteiger partial charge on any atom is -0.462 e. The Labute approximate surface area is 190 Å². The first-order chi connectivity index (χ1) is 16.0. The first-order valence-electron chi connectivity index (χ1n) is 9.82. The van der Waals surface area contributed by atoms with Crippen molar-refractivity contribution in [2.45, 2.75) is 20.0 Å². The lowest BCUT2D eigenvalue weighted by molar-refractivity contribution is -0.143. The average molecular weight is 478 g/mol. The van der Waals surface area contributed by atoms with Gasteiger partial charge >= 0.3 is 12.1 Å². The van der Waals surface area contributed by atoms with Gasteiger partial charge in [-0.3, -0.25) is 9.59 Å². The van der Waals surface area contributed by atoms with Crippen LogP contribution in [-0.4, -0.2) is 34.2 Å². The van der Waals surface area contributed by atoms with Crippen molar-refractivity contribution < 1.29 is 36.7 Å². The van der Waals surface area contributed by atoms with Gasteiger partial charge < -0.3 is 15.4 Å². The molecule has 0 aliphatic rings. The zero-order valence-electron chi connectivity index (χ0n) is 17.9. The Bertz CT molecular complexity index is 1240. The largest absolute Gasteiger partial charge is 0.462 e. The van der Waals surface area contributed by atoms with Gasteiger partial charge in [0.15, 0.2) is 5.69 Å². The molecule has 0 bridgehead atoms. The van der Waals surface area contributed by atoms with Crippen LogP contribution in [0.2, 0.25) is 0 Å². The summed E-state index contributed by atoms with van der Waals surface area (Å²) >= 11 is 0. The monoisotopic (exact) mass is 478 g/mol. The van der Waals surface area contributed by atoms with Crippen LogP contribution in [0.5, 0.6) is 0 Å². The summed E-state index contributed by atoms with van der Waals surface area (Å²) in [6, 6.07) is 8.52. The van der Waals surface area contributed by atoms with Gasteiger partial charge in [0, 0.05) is 18.2 Å². The molecule has 3 aromatic rings. The molecule has 0 fully saturated rings. The first-order valence-corrected chi connectivity index (χ1v) is 9.82. The summed E-state index contributed by atoms with van der Waals surface area (Å²) < 4.78 is 59.9. The number of rotatable bonds is 6. The van der Waals surface area contributed by atoms with Crippen molar-refractivity contribution in [3.8, 4) is 5.69 Å². The summed E-state index contributed by atoms with van der Waals surface area (Å²) in [5, 5.41) is 8.46. The van der Waals surface area contributed by atoms with E-state index in [2.05, 4.69) is 20.5 Å². The summed E-state index contributed by atoms with van der Waals surface area (Å²) in [5.41, 5.74) is -1.95. The maximum absolute atomic E-state index is 13.8. The topological polar surface area (TPSA) is 102 Å². The molecule has 1 aromatic heterocycles. The summed E-state index contributed by atoms with van der Waals surface area (Å²) in [5.74, 6) is -2.98. The van der Waals surface area contributed by atoms with E-state index in [0.29, 0.717) is 4.68 Å². The number of amides is 2. The number of nitrogens with one attached hydrogen (secondary N) is 2. The van der Waals surface area contributed by atoms with Gasteiger partial charge in [-0.05, 0) is 49.4 Å². The summed E-state index contributed by atoms with van der Waals surface area (Å²) in [7, 11) is 0. The molecular weight excluding hydrogens is 460 g/mol. The molecule has 0 aliphatic heterocycles. The van der Waals surface area contributed by atoms with Crippen molar-refractivity contribution in [2.75, 3.05) is 17.2 Å². The highest BCUT2D eigenvalue weighted by atomic mass is 19.4. The summed E-state index contributed by atoms with van der Waals surface area (Å²) in [6.45, 7) is 2.56. The van der Waals surface area contributed by atoms with Crippen LogP contribution in [0.4, 0.5) is 28.9 Å². The second-order valence-electron chi connectivity index (χ2n) is 6.91. The van der Waals surface area contributed by atoms with Gasteiger partial charge in [-0.15, -0.1) is 0 Å². The number of aromatic nitrogens is 2. The summed E-state index contributed by atoms with van der Waals surface area (Å²) in [4.78, 5) is 35.6. The molecule has 1 heterocycles. The van der Waals surface area contributed by atoms with Gasteiger partial charge in [-0.25, -0.2) is 13.9 Å². The number of carbonyl (C=O) groups excluding carboxylic acids is 3. The molecule has 0 unspecified atom stereocenters. The number of hydrogen-bond donors (Lipinski definition) is 2. The minimum absolute atomic E-state index is 0.0471. The van der Waals surface area contributed by atoms with Crippen LogP contribution in [0, 0.1) is 5.82 Å². The molecule has 8 nitrogen and oxygen atoms in total. The lowest BCUT2D eigenvalue weighted by Crippen LogP contribution is -2.18. The Morgan fingerprint density at radius 1 is 1.06 bits per heavy atom. The first kappa shape index (κ1) is 24.4. The number of ether oxygens (including phenoxy) is 1. The molecular formula is C22H18F4N4O4. The van der Waals surface area contributed by atoms with Gasteiger partial charge in [-0.1, -0.05) is 0 Å². The molecule has 0 saturated heterocycles. The normalized spacial score (nSPS) is 11.1. The molecule has 0 radical (unpaired) electrons. The van der Waals surface area contributed by atoms with Crippen LogP contribution in [0.3, 0.4) is 0 Å². The van der Waals surface area contributed by atoms with Crippen molar-refractivity contribution in [3.63, 3.8) is 0 Å². The third kappa shape index (κ3) is 5.39. The number of carbonyl (C=O) groups is 3. The molecule has 34 heavy (non-hydrogen) atoms. The van der Waals surface area contributed by atoms with Crippen molar-refractivity contribution in [1.29, 1.82) is 0 Å². The number of hydrogen-bond acceptors (Lipinski definition) is 5. The maximum Gasteiger partial charge on any atom is 0.434 e. The van der Waals surface area contributed by atoms with E-state index in [1.54, 1.807) is 0 Å². The highest BCUT2D eigenvalue weighted by Gasteiger charge is 2.41. The summed E-state index contributed by atoms with van der Waals surface area (Å²) in [6.07, 6.45) is -4.13. The van der Waals surface area contributed by atoms with E-state index in [-0.39, 0.29) is 29.2 Å². The Kier molecular flexibility index (Phi) is 6.99. The van der Waals surface area contributed by atoms with E-state index in [1.807, 2.05) is 0 Å². The highest BCUT2D eigenvalue weighted by molar-refractivity contribution is 6.04. The zero-order chi connectivity index (χ0) is 25.0. The van der Waals surface area contributed by atoms with Gasteiger partial charge in [0.05, 0.1) is 24.2 Å². The molecule has 12 heteroatoms. The molecule has 178 valence electrons. The molecule has 0 spiro atoms. The number of nitrogens with zero attached hydrogens (tertiary/aromatic N) is 2. The third-order valence-electron chi connectivity index (χ3n) is 4.44. The number of benzene rings is 2. The molecule has 0 saturated carbocycles. The highest BCUT2D eigenvalue weighted by Crippen LogP contribution is 2.34. The second-order valence-corrected chi connectivity index (χ2v) is 6.91. The standard InChI is InChI=1S/C22H18F4N4O4/c1-3-34-21(33)16-11-27-30(19(16)22(24,25)26)15-7-4-13(5-8-15)20(32)29-14-6-9-17(23)18(10-14)28-12(2)31/h4-11H,3H2,1-2H3,(H,28,31)(H,29,32). The van der Waals surface area contributed by atoms with E-state index in [1.165, 1.54) is 50.2 Å². The average Bonchev–Trinajstić information content (AvgIpc) is 3.22. The van der Waals surface area contributed by atoms with Crippen molar-refractivity contribution in [3.05, 3.63) is 71.3 Å². The fourth-order valence-corrected chi connectivity index (χ4v) is 3.02. The third-order valence-corrected chi connectivity index (χ3v) is 4.44. The van der Waals surface area contributed by atoms with E-state index < -0.39 is 41.0 Å². The van der Waals surface area contributed by atoms with Gasteiger partial charge in [-0.2, -0.15) is 18.3 Å². The lowest BCUT2D eigenvalue weighted by Gasteiger charge is -2.13. The quantitative estimate of drug-likeness (QED) is 0.404. The predicted molar refractivity (Wildman–Crippen MR) is 113 cm³/mol.